The maximum atomic E-state index is 13.7. The minimum atomic E-state index is -4.42. The second-order valence-electron chi connectivity index (χ2n) is 3.51. The predicted octanol–water partition coefficient (Wildman–Crippen LogP) is 0.314. The van der Waals surface area contributed by atoms with Crippen LogP contribution >= 0.6 is 0 Å². The zero-order valence-corrected chi connectivity index (χ0v) is 9.88. The van der Waals surface area contributed by atoms with Gasteiger partial charge >= 0.3 is 0 Å². The molecule has 2 N–H and O–H groups in total. The summed E-state index contributed by atoms with van der Waals surface area (Å²) in [4.78, 5) is 11.4. The Morgan fingerprint density at radius 1 is 1.29 bits per heavy atom. The third-order valence-corrected chi connectivity index (χ3v) is 2.86. The van der Waals surface area contributed by atoms with Gasteiger partial charge < -0.3 is 4.90 Å². The largest absolute Gasteiger partial charge is 0.345 e. The van der Waals surface area contributed by atoms with E-state index >= 15 is 0 Å². The van der Waals surface area contributed by atoms with Crippen molar-refractivity contribution in [3.63, 3.8) is 0 Å². The number of hydrogen-bond donors (Lipinski definition) is 1. The number of sulfonamides is 1. The molecular formula is C9H10F2N2O3S. The van der Waals surface area contributed by atoms with Crippen LogP contribution in [-0.4, -0.2) is 33.3 Å². The van der Waals surface area contributed by atoms with Crippen LogP contribution in [0.2, 0.25) is 0 Å². The quantitative estimate of drug-likeness (QED) is 0.835. The number of rotatable bonds is 2. The number of carbonyl (C=O) groups excluding carboxylic acids is 1. The topological polar surface area (TPSA) is 80.5 Å². The normalized spacial score (nSPS) is 11.4. The molecule has 8 heteroatoms. The minimum Gasteiger partial charge on any atom is -0.345 e. The van der Waals surface area contributed by atoms with Crippen molar-refractivity contribution in [3.8, 4) is 0 Å². The predicted molar refractivity (Wildman–Crippen MR) is 55.7 cm³/mol. The van der Waals surface area contributed by atoms with E-state index < -0.39 is 38.0 Å². The monoisotopic (exact) mass is 264 g/mol. The summed E-state index contributed by atoms with van der Waals surface area (Å²) in [5, 5.41) is 4.71. The molecule has 1 aromatic carbocycles. The fourth-order valence-corrected chi connectivity index (χ4v) is 1.80. The number of carbonyl (C=O) groups is 1. The van der Waals surface area contributed by atoms with Gasteiger partial charge in [-0.1, -0.05) is 0 Å². The van der Waals surface area contributed by atoms with Gasteiger partial charge in [0, 0.05) is 14.1 Å². The highest BCUT2D eigenvalue weighted by Crippen LogP contribution is 2.20. The molecule has 0 fully saturated rings. The van der Waals surface area contributed by atoms with Crippen molar-refractivity contribution >= 4 is 15.9 Å². The van der Waals surface area contributed by atoms with E-state index in [0.29, 0.717) is 12.1 Å². The molecule has 0 radical (unpaired) electrons. The Hall–Kier alpha value is -1.54. The summed E-state index contributed by atoms with van der Waals surface area (Å²) < 4.78 is 48.8. The Labute approximate surface area is 96.9 Å². The summed E-state index contributed by atoms with van der Waals surface area (Å²) in [7, 11) is -1.78. The molecule has 0 aliphatic carbocycles. The van der Waals surface area contributed by atoms with Gasteiger partial charge in [0.2, 0.25) is 10.0 Å². The molecule has 17 heavy (non-hydrogen) atoms. The van der Waals surface area contributed by atoms with Gasteiger partial charge in [-0.2, -0.15) is 0 Å². The first-order valence-electron chi connectivity index (χ1n) is 4.38. The molecule has 0 saturated heterocycles. The van der Waals surface area contributed by atoms with Gasteiger partial charge in [0.15, 0.2) is 5.82 Å². The molecule has 0 aliphatic rings. The number of hydrogen-bond acceptors (Lipinski definition) is 3. The average Bonchev–Trinajstić information content (AvgIpc) is 2.18. The van der Waals surface area contributed by atoms with Crippen molar-refractivity contribution in [2.75, 3.05) is 14.1 Å². The van der Waals surface area contributed by atoms with Gasteiger partial charge in [-0.05, 0) is 12.1 Å². The van der Waals surface area contributed by atoms with Crippen LogP contribution in [0.5, 0.6) is 0 Å². The lowest BCUT2D eigenvalue weighted by Gasteiger charge is -2.12. The molecule has 0 heterocycles. The molecule has 0 aliphatic heterocycles. The van der Waals surface area contributed by atoms with E-state index in [-0.39, 0.29) is 0 Å². The number of primary sulfonamides is 1. The summed E-state index contributed by atoms with van der Waals surface area (Å²) in [6, 6.07) is 1.05. The van der Waals surface area contributed by atoms with Crippen LogP contribution in [0.15, 0.2) is 17.0 Å². The fraction of sp³-hybridized carbons (Fsp3) is 0.222. The summed E-state index contributed by atoms with van der Waals surface area (Å²) in [5.41, 5.74) is -0.681. The molecular weight excluding hydrogens is 254 g/mol. The van der Waals surface area contributed by atoms with Gasteiger partial charge in [-0.25, -0.2) is 22.3 Å². The second kappa shape index (κ2) is 4.38. The molecule has 0 atom stereocenters. The molecule has 1 aromatic rings. The average molecular weight is 264 g/mol. The number of halogens is 2. The zero-order valence-electron chi connectivity index (χ0n) is 9.07. The van der Waals surface area contributed by atoms with Crippen molar-refractivity contribution in [2.24, 2.45) is 5.14 Å². The van der Waals surface area contributed by atoms with Gasteiger partial charge in [0.1, 0.15) is 10.7 Å². The van der Waals surface area contributed by atoms with Gasteiger partial charge in [0.05, 0.1) is 5.56 Å². The number of nitrogens with zero attached hydrogens (tertiary/aromatic N) is 1. The molecule has 0 bridgehead atoms. The van der Waals surface area contributed by atoms with Gasteiger partial charge in [-0.15, -0.1) is 0 Å². The van der Waals surface area contributed by atoms with E-state index in [0.717, 1.165) is 4.90 Å². The fourth-order valence-electron chi connectivity index (χ4n) is 1.17. The summed E-state index contributed by atoms with van der Waals surface area (Å²) in [5.74, 6) is -3.26. The van der Waals surface area contributed by atoms with E-state index in [1.807, 2.05) is 0 Å². The van der Waals surface area contributed by atoms with Crippen molar-refractivity contribution < 1.29 is 22.0 Å². The third-order valence-electron chi connectivity index (χ3n) is 1.95. The van der Waals surface area contributed by atoms with Crippen LogP contribution in [0.3, 0.4) is 0 Å². The summed E-state index contributed by atoms with van der Waals surface area (Å²) in [6.45, 7) is 0. The molecule has 0 spiro atoms. The van der Waals surface area contributed by atoms with Crippen molar-refractivity contribution in [1.29, 1.82) is 0 Å². The number of benzene rings is 1. The second-order valence-corrected chi connectivity index (χ2v) is 5.04. The highest BCUT2D eigenvalue weighted by atomic mass is 32.2. The van der Waals surface area contributed by atoms with Crippen LogP contribution < -0.4 is 5.14 Å². The Morgan fingerprint density at radius 2 is 1.82 bits per heavy atom. The maximum Gasteiger partial charge on any atom is 0.256 e. The van der Waals surface area contributed by atoms with Gasteiger partial charge in [-0.3, -0.25) is 4.79 Å². The van der Waals surface area contributed by atoms with Crippen LogP contribution in [0.4, 0.5) is 8.78 Å². The molecule has 1 rings (SSSR count). The Morgan fingerprint density at radius 3 is 2.24 bits per heavy atom. The molecule has 1 amide bonds. The minimum absolute atomic E-state index is 0.428. The zero-order chi connectivity index (χ0) is 13.4. The highest BCUT2D eigenvalue weighted by Gasteiger charge is 2.23. The molecule has 94 valence electrons. The van der Waals surface area contributed by atoms with E-state index in [1.165, 1.54) is 14.1 Å². The number of nitrogens with two attached hydrogens (primary N) is 1. The first kappa shape index (κ1) is 13.5. The smallest absolute Gasteiger partial charge is 0.256 e. The van der Waals surface area contributed by atoms with E-state index in [9.17, 15) is 22.0 Å². The van der Waals surface area contributed by atoms with Crippen LogP contribution in [0.1, 0.15) is 10.4 Å². The Bertz CT molecular complexity index is 570. The number of amides is 1. The molecule has 5 nitrogen and oxygen atoms in total. The highest BCUT2D eigenvalue weighted by molar-refractivity contribution is 7.89. The van der Waals surface area contributed by atoms with E-state index in [1.54, 1.807) is 0 Å². The molecule has 0 saturated carbocycles. The summed E-state index contributed by atoms with van der Waals surface area (Å²) >= 11 is 0. The van der Waals surface area contributed by atoms with Crippen molar-refractivity contribution in [2.45, 2.75) is 4.90 Å². The van der Waals surface area contributed by atoms with Crippen molar-refractivity contribution in [1.82, 2.24) is 4.90 Å². The first-order valence-corrected chi connectivity index (χ1v) is 5.92. The first-order chi connectivity index (χ1) is 7.64. The molecule has 0 unspecified atom stereocenters. The van der Waals surface area contributed by atoms with Crippen LogP contribution in [0.25, 0.3) is 0 Å². The Balaban J connectivity index is 3.56. The third kappa shape index (κ3) is 2.77. The lowest BCUT2D eigenvalue weighted by Crippen LogP contribution is -2.25. The van der Waals surface area contributed by atoms with E-state index in [4.69, 9.17) is 5.14 Å². The van der Waals surface area contributed by atoms with Crippen molar-refractivity contribution in [3.05, 3.63) is 29.3 Å². The van der Waals surface area contributed by atoms with E-state index in [2.05, 4.69) is 0 Å². The standard InChI is InChI=1S/C9H10F2N2O3S/c1-13(2)9(14)6-3-5(10)4-7(8(6)11)17(12,15)16/h3-4H,1-2H3,(H2,12,15,16). The lowest BCUT2D eigenvalue weighted by atomic mass is 10.2. The van der Waals surface area contributed by atoms with Gasteiger partial charge in [0.25, 0.3) is 5.91 Å². The SMILES string of the molecule is CN(C)C(=O)c1cc(F)cc(S(N)(=O)=O)c1F. The Kier molecular flexibility index (Phi) is 3.48. The van der Waals surface area contributed by atoms with Crippen LogP contribution in [-0.2, 0) is 10.0 Å². The lowest BCUT2D eigenvalue weighted by molar-refractivity contribution is 0.0822. The summed E-state index contributed by atoms with van der Waals surface area (Å²) in [6.07, 6.45) is 0. The maximum absolute atomic E-state index is 13.7. The molecule has 0 aromatic heterocycles. The van der Waals surface area contributed by atoms with Crippen LogP contribution in [0, 0.1) is 11.6 Å².